The third-order valence-corrected chi connectivity index (χ3v) is 4.63. The number of ether oxygens (including phenoxy) is 2. The van der Waals surface area contributed by atoms with Crippen molar-refractivity contribution >= 4 is 11.8 Å². The lowest BCUT2D eigenvalue weighted by Gasteiger charge is -2.22. The Kier molecular flexibility index (Phi) is 6.71. The van der Waals surface area contributed by atoms with Crippen molar-refractivity contribution < 1.29 is 14.6 Å². The van der Waals surface area contributed by atoms with Crippen LogP contribution in [0.4, 0.5) is 0 Å². The van der Waals surface area contributed by atoms with Crippen LogP contribution in [0.5, 0.6) is 0 Å². The van der Waals surface area contributed by atoms with E-state index >= 15 is 0 Å². The molecule has 1 saturated heterocycles. The van der Waals surface area contributed by atoms with Gasteiger partial charge in [-0.05, 0) is 18.4 Å². The maximum Gasteiger partial charge on any atom is 0.0864 e. The molecule has 0 radical (unpaired) electrons. The number of aliphatic hydroxyl groups is 1. The molecule has 19 heavy (non-hydrogen) atoms. The van der Waals surface area contributed by atoms with Crippen LogP contribution in [0.1, 0.15) is 18.4 Å². The van der Waals surface area contributed by atoms with Crippen LogP contribution in [-0.2, 0) is 16.1 Å². The SMILES string of the molecule is OC(COCc1ccccc1)CSC1CCOCC1. The van der Waals surface area contributed by atoms with Crippen LogP contribution in [0, 0.1) is 0 Å². The molecule has 0 spiro atoms. The first kappa shape index (κ1) is 14.9. The first-order valence-corrected chi connectivity index (χ1v) is 7.88. The second kappa shape index (κ2) is 8.59. The first-order chi connectivity index (χ1) is 9.34. The fourth-order valence-corrected chi connectivity index (χ4v) is 3.14. The molecule has 0 aliphatic carbocycles. The van der Waals surface area contributed by atoms with Gasteiger partial charge in [-0.3, -0.25) is 0 Å². The highest BCUT2D eigenvalue weighted by molar-refractivity contribution is 7.99. The molecule has 1 unspecified atom stereocenters. The van der Waals surface area contributed by atoms with Crippen LogP contribution in [0.3, 0.4) is 0 Å². The Morgan fingerprint density at radius 2 is 2.00 bits per heavy atom. The molecule has 3 nitrogen and oxygen atoms in total. The summed E-state index contributed by atoms with van der Waals surface area (Å²) in [5, 5.41) is 10.5. The summed E-state index contributed by atoms with van der Waals surface area (Å²) in [5.41, 5.74) is 1.15. The van der Waals surface area contributed by atoms with Gasteiger partial charge in [0.25, 0.3) is 0 Å². The van der Waals surface area contributed by atoms with Gasteiger partial charge in [0, 0.05) is 24.2 Å². The highest BCUT2D eigenvalue weighted by Crippen LogP contribution is 2.22. The Morgan fingerprint density at radius 3 is 2.74 bits per heavy atom. The molecule has 1 N–H and O–H groups in total. The molecule has 2 rings (SSSR count). The average molecular weight is 282 g/mol. The zero-order valence-electron chi connectivity index (χ0n) is 11.2. The van der Waals surface area contributed by atoms with Gasteiger partial charge < -0.3 is 14.6 Å². The van der Waals surface area contributed by atoms with Crippen LogP contribution in [0.15, 0.2) is 30.3 Å². The Bertz CT molecular complexity index is 339. The van der Waals surface area contributed by atoms with Crippen molar-refractivity contribution in [3.05, 3.63) is 35.9 Å². The van der Waals surface area contributed by atoms with Crippen molar-refractivity contribution in [3.8, 4) is 0 Å². The minimum Gasteiger partial charge on any atom is -0.390 e. The van der Waals surface area contributed by atoms with Crippen molar-refractivity contribution in [1.29, 1.82) is 0 Å². The number of rotatable bonds is 7. The molecule has 0 amide bonds. The third kappa shape index (κ3) is 5.95. The molecule has 0 bridgehead atoms. The van der Waals surface area contributed by atoms with E-state index in [2.05, 4.69) is 0 Å². The van der Waals surface area contributed by atoms with Gasteiger partial charge in [0.1, 0.15) is 0 Å². The average Bonchev–Trinajstić information content (AvgIpc) is 2.47. The van der Waals surface area contributed by atoms with Crippen LogP contribution in [0.2, 0.25) is 0 Å². The van der Waals surface area contributed by atoms with Crippen molar-refractivity contribution in [2.75, 3.05) is 25.6 Å². The molecule has 0 aromatic heterocycles. The van der Waals surface area contributed by atoms with E-state index in [-0.39, 0.29) is 6.10 Å². The minimum atomic E-state index is -0.378. The monoisotopic (exact) mass is 282 g/mol. The summed E-state index contributed by atoms with van der Waals surface area (Å²) in [6.45, 7) is 2.70. The van der Waals surface area contributed by atoms with Gasteiger partial charge in [0.2, 0.25) is 0 Å². The quantitative estimate of drug-likeness (QED) is 0.834. The molecule has 1 fully saturated rings. The second-order valence-electron chi connectivity index (χ2n) is 4.80. The Balaban J connectivity index is 1.55. The van der Waals surface area contributed by atoms with Gasteiger partial charge in [0.05, 0.1) is 19.3 Å². The van der Waals surface area contributed by atoms with E-state index in [1.807, 2.05) is 42.1 Å². The lowest BCUT2D eigenvalue weighted by atomic mass is 10.2. The van der Waals surface area contributed by atoms with Gasteiger partial charge in [-0.15, -0.1) is 0 Å². The number of hydrogen-bond acceptors (Lipinski definition) is 4. The molecule has 4 heteroatoms. The molecule has 1 aromatic carbocycles. The lowest BCUT2D eigenvalue weighted by Crippen LogP contribution is -2.23. The molecule has 1 aliphatic rings. The number of benzene rings is 1. The number of hydrogen-bond donors (Lipinski definition) is 1. The highest BCUT2D eigenvalue weighted by Gasteiger charge is 2.15. The maximum atomic E-state index is 9.88. The number of aliphatic hydroxyl groups excluding tert-OH is 1. The van der Waals surface area contributed by atoms with Crippen LogP contribution < -0.4 is 0 Å². The van der Waals surface area contributed by atoms with E-state index in [1.54, 1.807) is 0 Å². The van der Waals surface area contributed by atoms with Crippen molar-refractivity contribution in [2.24, 2.45) is 0 Å². The van der Waals surface area contributed by atoms with Gasteiger partial charge in [0.15, 0.2) is 0 Å². The van der Waals surface area contributed by atoms with Crippen molar-refractivity contribution in [1.82, 2.24) is 0 Å². The van der Waals surface area contributed by atoms with E-state index in [4.69, 9.17) is 9.47 Å². The van der Waals surface area contributed by atoms with E-state index in [1.165, 1.54) is 0 Å². The topological polar surface area (TPSA) is 38.7 Å². The maximum absolute atomic E-state index is 9.88. The van der Waals surface area contributed by atoms with Crippen LogP contribution >= 0.6 is 11.8 Å². The van der Waals surface area contributed by atoms with Gasteiger partial charge >= 0.3 is 0 Å². The van der Waals surface area contributed by atoms with E-state index in [0.29, 0.717) is 18.5 Å². The molecular formula is C15H22O3S. The zero-order valence-corrected chi connectivity index (χ0v) is 12.0. The molecule has 1 aromatic rings. The van der Waals surface area contributed by atoms with Gasteiger partial charge in [-0.1, -0.05) is 30.3 Å². The summed E-state index contributed by atoms with van der Waals surface area (Å²) >= 11 is 1.84. The summed E-state index contributed by atoms with van der Waals surface area (Å²) in [5.74, 6) is 0.749. The smallest absolute Gasteiger partial charge is 0.0864 e. The van der Waals surface area contributed by atoms with Crippen molar-refractivity contribution in [3.63, 3.8) is 0 Å². The van der Waals surface area contributed by atoms with Gasteiger partial charge in [-0.2, -0.15) is 11.8 Å². The van der Waals surface area contributed by atoms with E-state index in [9.17, 15) is 5.11 Å². The summed E-state index contributed by atoms with van der Waals surface area (Å²) in [6.07, 6.45) is 1.82. The van der Waals surface area contributed by atoms with Crippen LogP contribution in [0.25, 0.3) is 0 Å². The normalized spacial score (nSPS) is 18.4. The molecule has 1 aliphatic heterocycles. The Morgan fingerprint density at radius 1 is 1.26 bits per heavy atom. The largest absolute Gasteiger partial charge is 0.390 e. The highest BCUT2D eigenvalue weighted by atomic mass is 32.2. The molecule has 106 valence electrons. The summed E-state index contributed by atoms with van der Waals surface area (Å²) < 4.78 is 10.9. The van der Waals surface area contributed by atoms with E-state index < -0.39 is 0 Å². The fourth-order valence-electron chi connectivity index (χ4n) is 2.02. The van der Waals surface area contributed by atoms with Gasteiger partial charge in [-0.25, -0.2) is 0 Å². The van der Waals surface area contributed by atoms with E-state index in [0.717, 1.165) is 37.4 Å². The third-order valence-electron chi connectivity index (χ3n) is 3.11. The molecule has 1 atom stereocenters. The number of thioether (sulfide) groups is 1. The van der Waals surface area contributed by atoms with Crippen molar-refractivity contribution in [2.45, 2.75) is 30.8 Å². The predicted molar refractivity (Wildman–Crippen MR) is 78.4 cm³/mol. The Labute approximate surface area is 119 Å². The molecule has 1 heterocycles. The lowest BCUT2D eigenvalue weighted by molar-refractivity contribution is 0.0396. The minimum absolute atomic E-state index is 0.378. The summed E-state index contributed by atoms with van der Waals surface area (Å²) in [7, 11) is 0. The predicted octanol–water partition coefficient (Wildman–Crippen LogP) is 2.48. The fraction of sp³-hybridized carbons (Fsp3) is 0.600. The second-order valence-corrected chi connectivity index (χ2v) is 6.13. The summed E-state index contributed by atoms with van der Waals surface area (Å²) in [6, 6.07) is 10.0. The molecule has 0 saturated carbocycles. The Hall–Kier alpha value is -0.550. The van der Waals surface area contributed by atoms with Crippen LogP contribution in [-0.4, -0.2) is 42.0 Å². The zero-order chi connectivity index (χ0) is 13.3. The summed E-state index contributed by atoms with van der Waals surface area (Å²) in [4.78, 5) is 0. The standard InChI is InChI=1S/C15H22O3S/c16-14(12-19-15-6-8-17-9-7-15)11-18-10-13-4-2-1-3-5-13/h1-5,14-16H,6-12H2. The molecular weight excluding hydrogens is 260 g/mol. The first-order valence-electron chi connectivity index (χ1n) is 6.83.